The van der Waals surface area contributed by atoms with Gasteiger partial charge in [-0.25, -0.2) is 0 Å². The third kappa shape index (κ3) is 4.02. The summed E-state index contributed by atoms with van der Waals surface area (Å²) in [4.78, 5) is 28.5. The van der Waals surface area contributed by atoms with Gasteiger partial charge in [-0.1, -0.05) is 42.6 Å². The molecule has 1 heterocycles. The molecule has 1 aliphatic rings. The number of carbonyl (C=O) groups excluding carboxylic acids is 2. The van der Waals surface area contributed by atoms with E-state index in [1.54, 1.807) is 34.9 Å². The summed E-state index contributed by atoms with van der Waals surface area (Å²) < 4.78 is 0. The molecule has 2 rings (SSSR count). The van der Waals surface area contributed by atoms with Crippen LogP contribution < -0.4 is 5.73 Å². The Labute approximate surface area is 152 Å². The highest BCUT2D eigenvalue weighted by atomic mass is 35.5. The van der Waals surface area contributed by atoms with Crippen LogP contribution in [0.1, 0.15) is 37.0 Å². The predicted octanol–water partition coefficient (Wildman–Crippen LogP) is 2.80. The second-order valence-electron chi connectivity index (χ2n) is 6.35. The maximum absolute atomic E-state index is 12.6. The average molecular weight is 372 g/mol. The predicted molar refractivity (Wildman–Crippen MR) is 96.4 cm³/mol. The van der Waals surface area contributed by atoms with Crippen molar-refractivity contribution in [2.45, 2.75) is 32.2 Å². The first-order valence-corrected chi connectivity index (χ1v) is 8.85. The molecule has 1 saturated heterocycles. The van der Waals surface area contributed by atoms with Crippen molar-refractivity contribution in [2.24, 2.45) is 5.73 Å². The van der Waals surface area contributed by atoms with Gasteiger partial charge in [-0.2, -0.15) is 0 Å². The van der Waals surface area contributed by atoms with E-state index in [1.807, 2.05) is 6.92 Å². The zero-order chi connectivity index (χ0) is 17.9. The van der Waals surface area contributed by atoms with Gasteiger partial charge in [0.25, 0.3) is 5.91 Å². The number of rotatable bonds is 4. The maximum Gasteiger partial charge on any atom is 0.255 e. The Bertz CT molecular complexity index is 626. The number of hydrogen-bond acceptors (Lipinski definition) is 3. The van der Waals surface area contributed by atoms with E-state index in [4.69, 9.17) is 28.9 Å². The second-order valence-corrected chi connectivity index (χ2v) is 7.14. The minimum absolute atomic E-state index is 0.0581. The third-order valence-corrected chi connectivity index (χ3v) is 5.11. The lowest BCUT2D eigenvalue weighted by Gasteiger charge is -2.38. The molecule has 1 aromatic rings. The Balaban J connectivity index is 2.01. The molecule has 2 N–H and O–H groups in total. The van der Waals surface area contributed by atoms with Gasteiger partial charge >= 0.3 is 0 Å². The molecule has 1 fully saturated rings. The number of halogens is 2. The van der Waals surface area contributed by atoms with Crippen molar-refractivity contribution < 1.29 is 9.59 Å². The fourth-order valence-corrected chi connectivity index (χ4v) is 3.32. The topological polar surface area (TPSA) is 66.6 Å². The highest BCUT2D eigenvalue weighted by molar-refractivity contribution is 6.43. The Kier molecular flexibility index (Phi) is 6.12. The molecule has 5 nitrogen and oxygen atoms in total. The Morgan fingerprint density at radius 3 is 2.33 bits per heavy atom. The van der Waals surface area contributed by atoms with Crippen molar-refractivity contribution in [2.75, 3.05) is 26.2 Å². The second kappa shape index (κ2) is 7.72. The van der Waals surface area contributed by atoms with E-state index in [2.05, 4.69) is 0 Å². The summed E-state index contributed by atoms with van der Waals surface area (Å²) in [5.74, 6) is -0.226. The lowest BCUT2D eigenvalue weighted by atomic mass is 9.95. The van der Waals surface area contributed by atoms with Crippen LogP contribution >= 0.6 is 23.2 Å². The molecule has 24 heavy (non-hydrogen) atoms. The molecule has 1 unspecified atom stereocenters. The van der Waals surface area contributed by atoms with Crippen molar-refractivity contribution in [3.63, 3.8) is 0 Å². The van der Waals surface area contributed by atoms with E-state index >= 15 is 0 Å². The normalized spacial score (nSPS) is 17.5. The van der Waals surface area contributed by atoms with Gasteiger partial charge in [-0.05, 0) is 25.5 Å². The van der Waals surface area contributed by atoms with Crippen molar-refractivity contribution in [3.05, 3.63) is 33.8 Å². The fraction of sp³-hybridized carbons (Fsp3) is 0.529. The van der Waals surface area contributed by atoms with Gasteiger partial charge in [0.1, 0.15) is 0 Å². The van der Waals surface area contributed by atoms with Gasteiger partial charge in [-0.15, -0.1) is 0 Å². The molecular weight excluding hydrogens is 349 g/mol. The molecule has 1 aromatic carbocycles. The van der Waals surface area contributed by atoms with Gasteiger partial charge in [0.15, 0.2) is 0 Å². The zero-order valence-corrected chi connectivity index (χ0v) is 15.5. The summed E-state index contributed by atoms with van der Waals surface area (Å²) in [6, 6.07) is 5.01. The van der Waals surface area contributed by atoms with E-state index < -0.39 is 5.54 Å². The van der Waals surface area contributed by atoms with E-state index in [1.165, 1.54) is 0 Å². The molecule has 0 bridgehead atoms. The first kappa shape index (κ1) is 19.0. The van der Waals surface area contributed by atoms with Crippen LogP contribution in [0.25, 0.3) is 0 Å². The Morgan fingerprint density at radius 1 is 1.17 bits per heavy atom. The summed E-state index contributed by atoms with van der Waals surface area (Å²) in [6.45, 7) is 5.62. The minimum atomic E-state index is -0.850. The summed E-state index contributed by atoms with van der Waals surface area (Å²) >= 11 is 12.1. The minimum Gasteiger partial charge on any atom is -0.338 e. The average Bonchev–Trinajstić information content (AvgIpc) is 2.56. The van der Waals surface area contributed by atoms with Gasteiger partial charge in [0, 0.05) is 26.2 Å². The summed E-state index contributed by atoms with van der Waals surface area (Å²) in [5, 5.41) is 0.620. The number of hydrogen-bond donors (Lipinski definition) is 1. The SMILES string of the molecule is CCCC(C)(N)C(=O)N1CCN(C(=O)c2cccc(Cl)c2Cl)CC1. The first-order chi connectivity index (χ1) is 11.3. The number of amides is 2. The molecule has 7 heteroatoms. The molecule has 132 valence electrons. The number of nitrogens with two attached hydrogens (primary N) is 1. The molecule has 1 atom stereocenters. The van der Waals surface area contributed by atoms with Crippen LogP contribution in [0.15, 0.2) is 18.2 Å². The molecule has 0 radical (unpaired) electrons. The van der Waals surface area contributed by atoms with Gasteiger partial charge < -0.3 is 15.5 Å². The van der Waals surface area contributed by atoms with E-state index in [0.29, 0.717) is 43.2 Å². The monoisotopic (exact) mass is 371 g/mol. The first-order valence-electron chi connectivity index (χ1n) is 8.09. The van der Waals surface area contributed by atoms with Crippen LogP contribution in [-0.4, -0.2) is 53.3 Å². The lowest BCUT2D eigenvalue weighted by molar-refractivity contribution is -0.138. The molecule has 2 amide bonds. The molecule has 0 spiro atoms. The zero-order valence-electron chi connectivity index (χ0n) is 14.0. The number of nitrogens with zero attached hydrogens (tertiary/aromatic N) is 2. The molecule has 0 aliphatic carbocycles. The van der Waals surface area contributed by atoms with Crippen LogP contribution in [0.2, 0.25) is 10.0 Å². The summed E-state index contributed by atoms with van der Waals surface area (Å²) in [6.07, 6.45) is 1.49. The van der Waals surface area contributed by atoms with Crippen LogP contribution in [-0.2, 0) is 4.79 Å². The molecular formula is C17H23Cl2N3O2. The highest BCUT2D eigenvalue weighted by Gasteiger charge is 2.34. The van der Waals surface area contributed by atoms with E-state index in [0.717, 1.165) is 6.42 Å². The van der Waals surface area contributed by atoms with Gasteiger partial charge in [0.2, 0.25) is 5.91 Å². The molecule has 0 aromatic heterocycles. The van der Waals surface area contributed by atoms with Gasteiger partial charge in [-0.3, -0.25) is 9.59 Å². The highest BCUT2D eigenvalue weighted by Crippen LogP contribution is 2.27. The van der Waals surface area contributed by atoms with Crippen molar-refractivity contribution >= 4 is 35.0 Å². The number of benzene rings is 1. The molecule has 0 saturated carbocycles. The largest absolute Gasteiger partial charge is 0.338 e. The van der Waals surface area contributed by atoms with E-state index in [-0.39, 0.29) is 16.8 Å². The van der Waals surface area contributed by atoms with Crippen LogP contribution in [0, 0.1) is 0 Å². The quantitative estimate of drug-likeness (QED) is 0.884. The van der Waals surface area contributed by atoms with Crippen molar-refractivity contribution in [3.8, 4) is 0 Å². The van der Waals surface area contributed by atoms with Crippen molar-refractivity contribution in [1.29, 1.82) is 0 Å². The van der Waals surface area contributed by atoms with Gasteiger partial charge in [0.05, 0.1) is 21.1 Å². The fourth-order valence-electron chi connectivity index (χ4n) is 2.94. The van der Waals surface area contributed by atoms with E-state index in [9.17, 15) is 9.59 Å². The number of carbonyl (C=O) groups is 2. The summed E-state index contributed by atoms with van der Waals surface area (Å²) in [5.41, 5.74) is 5.66. The lowest BCUT2D eigenvalue weighted by Crippen LogP contribution is -2.58. The molecule has 1 aliphatic heterocycles. The van der Waals surface area contributed by atoms with Crippen LogP contribution in [0.4, 0.5) is 0 Å². The smallest absolute Gasteiger partial charge is 0.255 e. The number of piperazine rings is 1. The van der Waals surface area contributed by atoms with Crippen LogP contribution in [0.3, 0.4) is 0 Å². The van der Waals surface area contributed by atoms with Crippen molar-refractivity contribution in [1.82, 2.24) is 9.80 Å². The Hall–Kier alpha value is -1.30. The third-order valence-electron chi connectivity index (χ3n) is 4.29. The summed E-state index contributed by atoms with van der Waals surface area (Å²) in [7, 11) is 0. The maximum atomic E-state index is 12.6. The Morgan fingerprint density at radius 2 is 1.75 bits per heavy atom. The van der Waals surface area contributed by atoms with Crippen LogP contribution in [0.5, 0.6) is 0 Å². The standard InChI is InChI=1S/C17H23Cl2N3O2/c1-3-7-17(2,20)16(24)22-10-8-21(9-11-22)15(23)12-5-4-6-13(18)14(12)19/h4-6H,3,7-11,20H2,1-2H3.